The van der Waals surface area contributed by atoms with Crippen LogP contribution in [0.5, 0.6) is 0 Å². The van der Waals surface area contributed by atoms with Crippen LogP contribution in [0.15, 0.2) is 12.1 Å². The molecular formula is C18H27FO2. The Bertz CT molecular complexity index is 453. The zero-order valence-electron chi connectivity index (χ0n) is 13.4. The second kappa shape index (κ2) is 6.89. The van der Waals surface area contributed by atoms with Gasteiger partial charge in [-0.25, -0.2) is 4.39 Å². The molecule has 1 aromatic carbocycles. The monoisotopic (exact) mass is 294 g/mol. The van der Waals surface area contributed by atoms with E-state index in [0.717, 1.165) is 49.7 Å². The molecule has 2 nitrogen and oxygen atoms in total. The van der Waals surface area contributed by atoms with Crippen molar-refractivity contribution in [2.45, 2.75) is 71.0 Å². The van der Waals surface area contributed by atoms with Crippen LogP contribution in [0, 0.1) is 19.7 Å². The van der Waals surface area contributed by atoms with Crippen molar-refractivity contribution in [1.82, 2.24) is 0 Å². The number of aliphatic hydroxyl groups excluding tert-OH is 1. The first-order chi connectivity index (χ1) is 10.00. The van der Waals surface area contributed by atoms with E-state index in [4.69, 9.17) is 4.74 Å². The van der Waals surface area contributed by atoms with Crippen molar-refractivity contribution in [2.75, 3.05) is 6.61 Å². The van der Waals surface area contributed by atoms with E-state index >= 15 is 0 Å². The van der Waals surface area contributed by atoms with E-state index in [1.165, 1.54) is 6.07 Å². The number of aliphatic hydroxyl groups is 1. The molecule has 3 heteroatoms. The van der Waals surface area contributed by atoms with E-state index in [1.54, 1.807) is 0 Å². The second-order valence-electron chi connectivity index (χ2n) is 6.29. The second-order valence-corrected chi connectivity index (χ2v) is 6.29. The largest absolute Gasteiger partial charge is 0.385 e. The first kappa shape index (κ1) is 16.4. The molecule has 0 aliphatic heterocycles. The first-order valence-corrected chi connectivity index (χ1v) is 8.09. The standard InChI is InChI=1S/C18H27FO2/c1-4-21-18(9-7-5-6-8-10-18)17(20)16-14(3)11-13(2)12-15(16)19/h11-12,17,20H,4-10H2,1-3H3. The average molecular weight is 294 g/mol. The van der Waals surface area contributed by atoms with Gasteiger partial charge in [0.25, 0.3) is 0 Å². The molecule has 0 bridgehead atoms. The van der Waals surface area contributed by atoms with Gasteiger partial charge in [0.1, 0.15) is 11.9 Å². The van der Waals surface area contributed by atoms with Crippen molar-refractivity contribution in [2.24, 2.45) is 0 Å². The Morgan fingerprint density at radius 1 is 1.19 bits per heavy atom. The van der Waals surface area contributed by atoms with Crippen LogP contribution in [0.4, 0.5) is 4.39 Å². The van der Waals surface area contributed by atoms with Gasteiger partial charge in [0.2, 0.25) is 0 Å². The van der Waals surface area contributed by atoms with E-state index in [9.17, 15) is 9.50 Å². The normalized spacial score (nSPS) is 20.0. The van der Waals surface area contributed by atoms with E-state index in [1.807, 2.05) is 26.8 Å². The third-order valence-electron chi connectivity index (χ3n) is 4.63. The zero-order chi connectivity index (χ0) is 15.5. The number of benzene rings is 1. The van der Waals surface area contributed by atoms with Crippen LogP contribution in [0.2, 0.25) is 0 Å². The molecule has 21 heavy (non-hydrogen) atoms. The maximum atomic E-state index is 14.4. The van der Waals surface area contributed by atoms with Crippen LogP contribution < -0.4 is 0 Å². The van der Waals surface area contributed by atoms with Gasteiger partial charge in [-0.3, -0.25) is 0 Å². The highest BCUT2D eigenvalue weighted by molar-refractivity contribution is 5.35. The van der Waals surface area contributed by atoms with E-state index < -0.39 is 11.7 Å². The lowest BCUT2D eigenvalue weighted by Crippen LogP contribution is -2.40. The highest BCUT2D eigenvalue weighted by atomic mass is 19.1. The molecular weight excluding hydrogens is 267 g/mol. The van der Waals surface area contributed by atoms with Crippen molar-refractivity contribution in [3.8, 4) is 0 Å². The third-order valence-corrected chi connectivity index (χ3v) is 4.63. The maximum absolute atomic E-state index is 14.4. The van der Waals surface area contributed by atoms with Crippen LogP contribution in [0.25, 0.3) is 0 Å². The summed E-state index contributed by atoms with van der Waals surface area (Å²) in [4.78, 5) is 0. The summed E-state index contributed by atoms with van der Waals surface area (Å²) < 4.78 is 20.4. The lowest BCUT2D eigenvalue weighted by molar-refractivity contribution is -0.132. The highest BCUT2D eigenvalue weighted by Crippen LogP contribution is 2.42. The Hall–Kier alpha value is -0.930. The molecule has 1 atom stereocenters. The number of hydrogen-bond acceptors (Lipinski definition) is 2. The Morgan fingerprint density at radius 2 is 1.81 bits per heavy atom. The summed E-state index contributed by atoms with van der Waals surface area (Å²) in [7, 11) is 0. The van der Waals surface area contributed by atoms with Crippen molar-refractivity contribution in [1.29, 1.82) is 0 Å². The molecule has 0 radical (unpaired) electrons. The van der Waals surface area contributed by atoms with Gasteiger partial charge in [0, 0.05) is 12.2 Å². The Kier molecular flexibility index (Phi) is 5.39. The molecule has 1 fully saturated rings. The fraction of sp³-hybridized carbons (Fsp3) is 0.667. The quantitative estimate of drug-likeness (QED) is 0.822. The Balaban J connectivity index is 2.40. The Morgan fingerprint density at radius 3 is 2.33 bits per heavy atom. The summed E-state index contributed by atoms with van der Waals surface area (Å²) in [6, 6.07) is 3.43. The van der Waals surface area contributed by atoms with Gasteiger partial charge < -0.3 is 9.84 Å². The topological polar surface area (TPSA) is 29.5 Å². The van der Waals surface area contributed by atoms with Gasteiger partial charge >= 0.3 is 0 Å². The molecule has 1 saturated carbocycles. The van der Waals surface area contributed by atoms with Crippen molar-refractivity contribution < 1.29 is 14.2 Å². The van der Waals surface area contributed by atoms with Gasteiger partial charge in [0.05, 0.1) is 5.60 Å². The fourth-order valence-corrected chi connectivity index (χ4v) is 3.65. The van der Waals surface area contributed by atoms with Crippen molar-refractivity contribution in [3.05, 3.63) is 34.6 Å². The molecule has 118 valence electrons. The number of aryl methyl sites for hydroxylation is 2. The molecule has 1 unspecified atom stereocenters. The van der Waals surface area contributed by atoms with E-state index in [0.29, 0.717) is 12.2 Å². The fourth-order valence-electron chi connectivity index (χ4n) is 3.65. The lowest BCUT2D eigenvalue weighted by atomic mass is 9.82. The predicted molar refractivity (Wildman–Crippen MR) is 82.9 cm³/mol. The van der Waals surface area contributed by atoms with Crippen LogP contribution >= 0.6 is 0 Å². The molecule has 0 saturated heterocycles. The molecule has 1 aromatic rings. The van der Waals surface area contributed by atoms with E-state index in [-0.39, 0.29) is 5.82 Å². The zero-order valence-corrected chi connectivity index (χ0v) is 13.4. The molecule has 0 amide bonds. The molecule has 1 aliphatic rings. The maximum Gasteiger partial charge on any atom is 0.129 e. The highest BCUT2D eigenvalue weighted by Gasteiger charge is 2.41. The summed E-state index contributed by atoms with van der Waals surface area (Å²) in [6.07, 6.45) is 5.10. The SMILES string of the molecule is CCOC1(C(O)c2c(C)cc(C)cc2F)CCCCCC1. The molecule has 0 heterocycles. The van der Waals surface area contributed by atoms with E-state index in [2.05, 4.69) is 0 Å². The van der Waals surface area contributed by atoms with Gasteiger partial charge in [-0.1, -0.05) is 31.7 Å². The van der Waals surface area contributed by atoms with Crippen molar-refractivity contribution in [3.63, 3.8) is 0 Å². The van der Waals surface area contributed by atoms with Gasteiger partial charge in [-0.05, 0) is 50.8 Å². The van der Waals surface area contributed by atoms with Crippen molar-refractivity contribution >= 4 is 0 Å². The summed E-state index contributed by atoms with van der Waals surface area (Å²) in [5.41, 5.74) is 1.47. The lowest BCUT2D eigenvalue weighted by Gasteiger charge is -2.38. The molecule has 0 aromatic heterocycles. The first-order valence-electron chi connectivity index (χ1n) is 8.09. The number of hydrogen-bond donors (Lipinski definition) is 1. The molecule has 2 rings (SSSR count). The number of halogens is 1. The van der Waals surface area contributed by atoms with Crippen LogP contribution in [0.1, 0.15) is 68.2 Å². The molecule has 1 N–H and O–H groups in total. The number of ether oxygens (including phenoxy) is 1. The Labute approximate surface area is 127 Å². The predicted octanol–water partition coefficient (Wildman–Crippen LogP) is 4.61. The molecule has 1 aliphatic carbocycles. The van der Waals surface area contributed by atoms with Crippen LogP contribution in [-0.4, -0.2) is 17.3 Å². The van der Waals surface area contributed by atoms with Gasteiger partial charge in [0.15, 0.2) is 0 Å². The minimum Gasteiger partial charge on any atom is -0.385 e. The summed E-state index contributed by atoms with van der Waals surface area (Å²) >= 11 is 0. The minimum absolute atomic E-state index is 0.316. The van der Waals surface area contributed by atoms with Crippen LogP contribution in [0.3, 0.4) is 0 Å². The van der Waals surface area contributed by atoms with Gasteiger partial charge in [-0.2, -0.15) is 0 Å². The summed E-state index contributed by atoms with van der Waals surface area (Å²) in [5, 5.41) is 10.9. The third kappa shape index (κ3) is 3.46. The molecule has 0 spiro atoms. The smallest absolute Gasteiger partial charge is 0.129 e. The minimum atomic E-state index is -0.892. The summed E-state index contributed by atoms with van der Waals surface area (Å²) in [6.45, 7) is 6.22. The van der Waals surface area contributed by atoms with Crippen LogP contribution in [-0.2, 0) is 4.74 Å². The average Bonchev–Trinajstić information content (AvgIpc) is 2.64. The summed E-state index contributed by atoms with van der Waals surface area (Å²) in [5.74, 6) is -0.316. The van der Waals surface area contributed by atoms with Gasteiger partial charge in [-0.15, -0.1) is 0 Å². The number of rotatable bonds is 4.